The third-order valence-corrected chi connectivity index (χ3v) is 14.0. The van der Waals surface area contributed by atoms with E-state index in [1.165, 1.54) is 30.5 Å². The van der Waals surface area contributed by atoms with Crippen LogP contribution in [-0.4, -0.2) is 70.4 Å². The first-order valence-electron chi connectivity index (χ1n) is 23.0. The summed E-state index contributed by atoms with van der Waals surface area (Å²) in [5.41, 5.74) is 5.65. The average Bonchev–Trinajstić information content (AvgIpc) is 3.81. The molecule has 3 aliphatic carbocycles. The zero-order valence-corrected chi connectivity index (χ0v) is 37.2. The summed E-state index contributed by atoms with van der Waals surface area (Å²) in [6.45, 7) is 8.65. The summed E-state index contributed by atoms with van der Waals surface area (Å²) < 4.78 is 21.0. The minimum absolute atomic E-state index is 0.00371. The lowest BCUT2D eigenvalue weighted by molar-refractivity contribution is -0.384. The molecule has 0 aromatic heterocycles. The second-order valence-corrected chi connectivity index (χ2v) is 18.0. The number of benzene rings is 3. The minimum atomic E-state index is -1.34. The van der Waals surface area contributed by atoms with Crippen LogP contribution in [0.15, 0.2) is 90.1 Å². The van der Waals surface area contributed by atoms with E-state index in [4.69, 9.17) is 24.2 Å². The van der Waals surface area contributed by atoms with Crippen molar-refractivity contribution in [2.75, 3.05) is 26.9 Å². The van der Waals surface area contributed by atoms with Crippen LogP contribution in [-0.2, 0) is 21.0 Å². The molecule has 7 rings (SSSR count). The minimum Gasteiger partial charge on any atom is -0.459 e. The Labute approximate surface area is 372 Å². The largest absolute Gasteiger partial charge is 0.459 e. The van der Waals surface area contributed by atoms with Gasteiger partial charge < -0.3 is 34.2 Å². The van der Waals surface area contributed by atoms with E-state index in [2.05, 4.69) is 38.6 Å². The van der Waals surface area contributed by atoms with Crippen LogP contribution in [0.5, 0.6) is 17.2 Å². The van der Waals surface area contributed by atoms with Crippen molar-refractivity contribution < 1.29 is 39.0 Å². The molecule has 6 atom stereocenters. The summed E-state index contributed by atoms with van der Waals surface area (Å²) in [4.78, 5) is 33.4. The molecule has 0 spiro atoms. The molecule has 3 aromatic rings. The molecule has 0 saturated heterocycles. The number of unbranched alkanes of at least 4 members (excludes halogenated alkanes) is 2. The van der Waals surface area contributed by atoms with Gasteiger partial charge in [-0.05, 0) is 128 Å². The predicted molar refractivity (Wildman–Crippen MR) is 243 cm³/mol. The number of nitro groups is 1. The fourth-order valence-corrected chi connectivity index (χ4v) is 10.6. The van der Waals surface area contributed by atoms with Crippen LogP contribution in [0.25, 0.3) is 0 Å². The summed E-state index contributed by atoms with van der Waals surface area (Å²) in [7, 11) is 1.86. The molecular weight excluding hydrogens is 799 g/mol. The Morgan fingerprint density at radius 2 is 1.68 bits per heavy atom. The maximum Gasteiger partial charge on any atom is 0.269 e. The number of carbonyl (C=O) groups is 1. The molecule has 63 heavy (non-hydrogen) atoms. The topological polar surface area (TPSA) is 153 Å². The highest BCUT2D eigenvalue weighted by molar-refractivity contribution is 6.03. The molecule has 1 amide bonds. The normalized spacial score (nSPS) is 24.5. The highest BCUT2D eigenvalue weighted by Gasteiger charge is 2.65. The molecule has 12 heteroatoms. The van der Waals surface area contributed by atoms with E-state index in [1.54, 1.807) is 18.2 Å². The quantitative estimate of drug-likeness (QED) is 0.0461. The summed E-state index contributed by atoms with van der Waals surface area (Å²) >= 11 is 0. The van der Waals surface area contributed by atoms with Gasteiger partial charge in [-0.3, -0.25) is 14.9 Å². The monoisotopic (exact) mass is 863 g/mol. The number of ether oxygens (including phenoxy) is 3. The lowest BCUT2D eigenvalue weighted by Crippen LogP contribution is -2.69. The van der Waals surface area contributed by atoms with Gasteiger partial charge in [0.15, 0.2) is 0 Å². The molecule has 1 aliphatic heterocycles. The number of amides is 1. The van der Waals surface area contributed by atoms with Crippen LogP contribution in [0.1, 0.15) is 112 Å². The molecule has 0 bridgehead atoms. The number of allylic oxidation sites excluding steroid dienone is 1. The van der Waals surface area contributed by atoms with Gasteiger partial charge in [-0.2, -0.15) is 0 Å². The third-order valence-electron chi connectivity index (χ3n) is 14.0. The third kappa shape index (κ3) is 10.3. The summed E-state index contributed by atoms with van der Waals surface area (Å²) in [5, 5.41) is 36.1. The van der Waals surface area contributed by atoms with E-state index in [0.29, 0.717) is 48.8 Å². The van der Waals surface area contributed by atoms with Gasteiger partial charge in [0, 0.05) is 56.7 Å². The number of hydrogen-bond donors (Lipinski definition) is 2. The van der Waals surface area contributed by atoms with Crippen molar-refractivity contribution >= 4 is 17.3 Å². The lowest BCUT2D eigenvalue weighted by Gasteiger charge is -2.59. The fourth-order valence-electron chi connectivity index (χ4n) is 10.6. The van der Waals surface area contributed by atoms with Crippen molar-refractivity contribution in [1.82, 2.24) is 4.90 Å². The molecule has 12 nitrogen and oxygen atoms in total. The molecule has 338 valence electrons. The number of oxime groups is 1. The number of aryl methyl sites for hydroxylation is 2. The molecule has 6 unspecified atom stereocenters. The van der Waals surface area contributed by atoms with Crippen LogP contribution < -0.4 is 9.47 Å². The van der Waals surface area contributed by atoms with Gasteiger partial charge in [-0.1, -0.05) is 61.9 Å². The van der Waals surface area contributed by atoms with Gasteiger partial charge in [0.1, 0.15) is 29.9 Å². The van der Waals surface area contributed by atoms with Gasteiger partial charge in [0.25, 0.3) is 5.69 Å². The Kier molecular flexibility index (Phi) is 15.4. The highest BCUT2D eigenvalue weighted by atomic mass is 16.7. The number of fused-ring (bicyclic) bond motifs is 2. The van der Waals surface area contributed by atoms with Crippen molar-refractivity contribution in [3.63, 3.8) is 0 Å². The lowest BCUT2D eigenvalue weighted by atomic mass is 9.55. The van der Waals surface area contributed by atoms with E-state index < -0.39 is 22.7 Å². The molecule has 0 radical (unpaired) electrons. The molecule has 3 aromatic carbocycles. The molecule has 1 heterocycles. The molecule has 2 N–H and O–H groups in total. The molecule has 2 saturated carbocycles. The number of nitrogens with zero attached hydrogens (tertiary/aromatic N) is 3. The number of non-ortho nitro benzene ring substituents is 1. The standard InChI is InChI=1S/C51H65N3O9/c1-5-28-60-51-47(53(4)48(57)25-19-36-12-6-7-13-36)32-45(52-61-33-37-17-20-39(21-18-37)54(58)59)43-30-38(14-8-10-26-55)42(15-9-11-27-56)49(50(43)51)44-31-41(23-24-46(44)63-51)62-40-22-16-34(2)35(3)29-40/h5,16-18,20-24,29-31,36,38,42,47,49-50,55-56H,1,6-15,19,25-28,32-33H2,2-4H3. The number of aliphatic hydroxyl groups is 2. The van der Waals surface area contributed by atoms with Crippen molar-refractivity contribution in [2.45, 2.75) is 122 Å². The SMILES string of the molecule is C=CCOC12Oc3ccc(Oc4ccc(C)c(C)c4)cc3C3C(CCCCO)C(CCCCO)C=C(C(=NOCc4ccc([N+](=O)[O-])cc4)CC1N(C)C(=O)CCC1CCCC1)C32. The van der Waals surface area contributed by atoms with Gasteiger partial charge in [-0.15, -0.1) is 6.58 Å². The second-order valence-electron chi connectivity index (χ2n) is 18.0. The van der Waals surface area contributed by atoms with Gasteiger partial charge in [0.2, 0.25) is 11.7 Å². The summed E-state index contributed by atoms with van der Waals surface area (Å²) in [6.07, 6.45) is 14.9. The second kappa shape index (κ2) is 21.1. The number of carbonyl (C=O) groups excluding carboxylic acids is 1. The van der Waals surface area contributed by atoms with E-state index >= 15 is 0 Å². The van der Waals surface area contributed by atoms with E-state index in [-0.39, 0.29) is 55.8 Å². The molecule has 2 fully saturated rings. The first-order chi connectivity index (χ1) is 30.6. The van der Waals surface area contributed by atoms with Crippen LogP contribution in [0.4, 0.5) is 5.69 Å². The van der Waals surface area contributed by atoms with Crippen LogP contribution in [0, 0.1) is 47.6 Å². The zero-order chi connectivity index (χ0) is 44.5. The number of aliphatic hydroxyl groups excluding tert-OH is 2. The molecular formula is C51H65N3O9. The van der Waals surface area contributed by atoms with Gasteiger partial charge in [-0.25, -0.2) is 0 Å². The Hall–Kier alpha value is -5.04. The number of likely N-dealkylation sites (N-methyl/N-ethyl adjacent to an activating group) is 1. The Morgan fingerprint density at radius 3 is 2.38 bits per heavy atom. The number of nitro benzene ring substituents is 1. The van der Waals surface area contributed by atoms with Gasteiger partial charge in [0.05, 0.1) is 23.2 Å². The van der Waals surface area contributed by atoms with Crippen molar-refractivity contribution in [1.29, 1.82) is 0 Å². The van der Waals surface area contributed by atoms with Crippen LogP contribution in [0.2, 0.25) is 0 Å². The van der Waals surface area contributed by atoms with E-state index in [0.717, 1.165) is 73.0 Å². The number of hydrogen-bond acceptors (Lipinski definition) is 10. The highest BCUT2D eigenvalue weighted by Crippen LogP contribution is 2.62. The van der Waals surface area contributed by atoms with E-state index in [9.17, 15) is 25.1 Å². The maximum absolute atomic E-state index is 14.5. The van der Waals surface area contributed by atoms with E-state index in [1.807, 2.05) is 36.2 Å². The maximum atomic E-state index is 14.5. The first-order valence-corrected chi connectivity index (χ1v) is 23.0. The summed E-state index contributed by atoms with van der Waals surface area (Å²) in [6, 6.07) is 17.7. The predicted octanol–water partition coefficient (Wildman–Crippen LogP) is 10.3. The molecule has 4 aliphatic rings. The Balaban J connectivity index is 1.37. The average molecular weight is 864 g/mol. The van der Waals surface area contributed by atoms with Crippen molar-refractivity contribution in [3.8, 4) is 17.2 Å². The summed E-state index contributed by atoms with van der Waals surface area (Å²) in [5.74, 6) is 0.810. The number of rotatable bonds is 21. The smallest absolute Gasteiger partial charge is 0.269 e. The zero-order valence-electron chi connectivity index (χ0n) is 37.2. The first kappa shape index (κ1) is 46.0. The van der Waals surface area contributed by atoms with Gasteiger partial charge >= 0.3 is 0 Å². The van der Waals surface area contributed by atoms with Crippen molar-refractivity contribution in [2.24, 2.45) is 28.8 Å². The van der Waals surface area contributed by atoms with Crippen molar-refractivity contribution in [3.05, 3.63) is 117 Å². The fraction of sp³-hybridized carbons (Fsp3) is 0.529. The Morgan fingerprint density at radius 1 is 0.968 bits per heavy atom. The van der Waals surface area contributed by atoms with Crippen LogP contribution >= 0.6 is 0 Å². The Bertz CT molecular complexity index is 2130. The van der Waals surface area contributed by atoms with Crippen LogP contribution in [0.3, 0.4) is 0 Å².